The van der Waals surface area contributed by atoms with Crippen LogP contribution in [0, 0.1) is 0 Å². The van der Waals surface area contributed by atoms with Gasteiger partial charge < -0.3 is 4.74 Å². The first-order valence-corrected chi connectivity index (χ1v) is 5.64. The highest BCUT2D eigenvalue weighted by molar-refractivity contribution is 6.34. The highest BCUT2D eigenvalue weighted by Crippen LogP contribution is 2.21. The number of ether oxygens (including phenoxy) is 1. The Morgan fingerprint density at radius 2 is 1.80 bits per heavy atom. The van der Waals surface area contributed by atoms with Crippen molar-refractivity contribution in [3.63, 3.8) is 0 Å². The minimum atomic E-state index is 0.463. The maximum Gasteiger partial charge on any atom is 0.137 e. The van der Waals surface area contributed by atoms with Crippen molar-refractivity contribution in [2.24, 2.45) is 0 Å². The Morgan fingerprint density at radius 1 is 1.20 bits per heavy atom. The first kappa shape index (κ1) is 12.7. The summed E-state index contributed by atoms with van der Waals surface area (Å²) in [6, 6.07) is 0. The third-order valence-corrected chi connectivity index (χ3v) is 2.68. The predicted molar refractivity (Wildman–Crippen MR) is 61.6 cm³/mol. The Balaban J connectivity index is 2.75. The molecule has 0 spiro atoms. The Morgan fingerprint density at radius 3 is 2.27 bits per heavy atom. The van der Waals surface area contributed by atoms with Gasteiger partial charge in [-0.3, -0.25) is 0 Å². The molecule has 0 aromatic carbocycles. The van der Waals surface area contributed by atoms with E-state index in [0.29, 0.717) is 22.7 Å². The van der Waals surface area contributed by atoms with Crippen LogP contribution in [-0.2, 0) is 17.6 Å². The molecule has 5 heteroatoms. The van der Waals surface area contributed by atoms with Gasteiger partial charge in [0.05, 0.1) is 0 Å². The van der Waals surface area contributed by atoms with Gasteiger partial charge >= 0.3 is 0 Å². The molecule has 0 aliphatic rings. The van der Waals surface area contributed by atoms with Gasteiger partial charge in [-0.1, -0.05) is 30.1 Å². The summed E-state index contributed by atoms with van der Waals surface area (Å²) in [5, 5.41) is 0.926. The van der Waals surface area contributed by atoms with Crippen LogP contribution < -0.4 is 0 Å². The van der Waals surface area contributed by atoms with Crippen molar-refractivity contribution in [2.45, 2.75) is 26.2 Å². The first-order valence-electron chi connectivity index (χ1n) is 4.88. The van der Waals surface area contributed by atoms with Crippen LogP contribution in [0.15, 0.2) is 0 Å². The van der Waals surface area contributed by atoms with Gasteiger partial charge in [-0.15, -0.1) is 0 Å². The second-order valence-electron chi connectivity index (χ2n) is 3.15. The first-order chi connectivity index (χ1) is 7.19. The smallest absolute Gasteiger partial charge is 0.137 e. The van der Waals surface area contributed by atoms with Crippen molar-refractivity contribution in [2.75, 3.05) is 13.7 Å². The van der Waals surface area contributed by atoms with E-state index in [1.54, 1.807) is 7.11 Å². The topological polar surface area (TPSA) is 35.0 Å². The maximum atomic E-state index is 5.98. The number of rotatable bonds is 5. The molecule has 15 heavy (non-hydrogen) atoms. The summed E-state index contributed by atoms with van der Waals surface area (Å²) in [4.78, 5) is 8.38. The van der Waals surface area contributed by atoms with Gasteiger partial charge in [0.2, 0.25) is 0 Å². The van der Waals surface area contributed by atoms with Crippen molar-refractivity contribution in [1.82, 2.24) is 9.97 Å². The molecule has 1 aromatic rings. The van der Waals surface area contributed by atoms with Crippen LogP contribution in [0.3, 0.4) is 0 Å². The molecule has 0 saturated carbocycles. The molecule has 0 radical (unpaired) electrons. The molecule has 1 heterocycles. The number of nitrogens with zero attached hydrogens (tertiary/aromatic N) is 2. The summed E-state index contributed by atoms with van der Waals surface area (Å²) in [5.41, 5.74) is 0.814. The Labute approximate surface area is 99.8 Å². The van der Waals surface area contributed by atoms with Gasteiger partial charge in [0.25, 0.3) is 0 Å². The molecule has 0 aliphatic carbocycles. The lowest BCUT2D eigenvalue weighted by Gasteiger charge is -2.05. The van der Waals surface area contributed by atoms with Crippen molar-refractivity contribution >= 4 is 23.2 Å². The second kappa shape index (κ2) is 6.26. The lowest BCUT2D eigenvalue weighted by Crippen LogP contribution is -2.02. The van der Waals surface area contributed by atoms with Crippen LogP contribution in [0.1, 0.15) is 24.7 Å². The molecule has 3 nitrogen and oxygen atoms in total. The molecule has 0 N–H and O–H groups in total. The Kier molecular flexibility index (Phi) is 5.29. The van der Waals surface area contributed by atoms with Gasteiger partial charge in [0, 0.05) is 25.7 Å². The van der Waals surface area contributed by atoms with Gasteiger partial charge in [0.1, 0.15) is 16.1 Å². The van der Waals surface area contributed by atoms with E-state index in [0.717, 1.165) is 24.8 Å². The third-order valence-electron chi connectivity index (χ3n) is 2.05. The van der Waals surface area contributed by atoms with E-state index >= 15 is 0 Å². The van der Waals surface area contributed by atoms with Crippen LogP contribution in [0.4, 0.5) is 0 Å². The highest BCUT2D eigenvalue weighted by atomic mass is 35.5. The number of methoxy groups -OCH3 is 1. The lowest BCUT2D eigenvalue weighted by atomic mass is 10.2. The molecule has 84 valence electrons. The van der Waals surface area contributed by atoms with Crippen molar-refractivity contribution in [1.29, 1.82) is 0 Å². The van der Waals surface area contributed by atoms with Gasteiger partial charge in [-0.2, -0.15) is 0 Å². The van der Waals surface area contributed by atoms with Gasteiger partial charge in [-0.05, 0) is 12.8 Å². The average Bonchev–Trinajstić information content (AvgIpc) is 2.18. The van der Waals surface area contributed by atoms with E-state index in [1.165, 1.54) is 0 Å². The predicted octanol–water partition coefficient (Wildman–Crippen LogP) is 2.92. The lowest BCUT2D eigenvalue weighted by molar-refractivity contribution is 0.194. The summed E-state index contributed by atoms with van der Waals surface area (Å²) < 4.78 is 4.95. The SMILES string of the molecule is CCc1c(Cl)nc(CCCOC)nc1Cl. The fourth-order valence-electron chi connectivity index (χ4n) is 1.25. The normalized spacial score (nSPS) is 10.7. The molecular formula is C10H14Cl2N2O. The molecule has 1 rings (SSSR count). The number of hydrogen-bond acceptors (Lipinski definition) is 3. The summed E-state index contributed by atoms with van der Waals surface area (Å²) in [6.45, 7) is 2.66. The van der Waals surface area contributed by atoms with Gasteiger partial charge in [0.15, 0.2) is 0 Å². The van der Waals surface area contributed by atoms with E-state index in [-0.39, 0.29) is 0 Å². The molecular weight excluding hydrogens is 235 g/mol. The zero-order valence-electron chi connectivity index (χ0n) is 8.89. The molecule has 0 unspecified atom stereocenters. The molecule has 0 aliphatic heterocycles. The highest BCUT2D eigenvalue weighted by Gasteiger charge is 2.09. The quantitative estimate of drug-likeness (QED) is 0.594. The molecule has 0 amide bonds. The number of aryl methyl sites for hydroxylation is 1. The van der Waals surface area contributed by atoms with Crippen LogP contribution in [0.25, 0.3) is 0 Å². The molecule has 0 fully saturated rings. The van der Waals surface area contributed by atoms with Crippen LogP contribution in [-0.4, -0.2) is 23.7 Å². The fourth-order valence-corrected chi connectivity index (χ4v) is 1.94. The Bertz CT molecular complexity index is 308. The summed E-state index contributed by atoms with van der Waals surface area (Å²) >= 11 is 12.0. The summed E-state index contributed by atoms with van der Waals surface area (Å²) in [5.74, 6) is 0.680. The van der Waals surface area contributed by atoms with E-state index in [9.17, 15) is 0 Å². The van der Waals surface area contributed by atoms with E-state index in [4.69, 9.17) is 27.9 Å². The van der Waals surface area contributed by atoms with E-state index < -0.39 is 0 Å². The summed E-state index contributed by atoms with van der Waals surface area (Å²) in [6.07, 6.45) is 2.35. The fraction of sp³-hybridized carbons (Fsp3) is 0.600. The van der Waals surface area contributed by atoms with Crippen molar-refractivity contribution in [3.05, 3.63) is 21.7 Å². The van der Waals surface area contributed by atoms with Crippen LogP contribution >= 0.6 is 23.2 Å². The van der Waals surface area contributed by atoms with Crippen molar-refractivity contribution in [3.8, 4) is 0 Å². The van der Waals surface area contributed by atoms with E-state index in [2.05, 4.69) is 9.97 Å². The molecule has 0 bridgehead atoms. The minimum absolute atomic E-state index is 0.463. The largest absolute Gasteiger partial charge is 0.385 e. The number of halogens is 2. The maximum absolute atomic E-state index is 5.98. The second-order valence-corrected chi connectivity index (χ2v) is 3.87. The van der Waals surface area contributed by atoms with Crippen LogP contribution in [0.2, 0.25) is 10.3 Å². The van der Waals surface area contributed by atoms with Crippen LogP contribution in [0.5, 0.6) is 0 Å². The third kappa shape index (κ3) is 3.59. The molecule has 0 saturated heterocycles. The summed E-state index contributed by atoms with van der Waals surface area (Å²) in [7, 11) is 1.67. The zero-order valence-corrected chi connectivity index (χ0v) is 10.4. The molecule has 0 atom stereocenters. The average molecular weight is 249 g/mol. The van der Waals surface area contributed by atoms with E-state index in [1.807, 2.05) is 6.92 Å². The zero-order chi connectivity index (χ0) is 11.3. The minimum Gasteiger partial charge on any atom is -0.385 e. The number of hydrogen-bond donors (Lipinski definition) is 0. The van der Waals surface area contributed by atoms with Crippen molar-refractivity contribution < 1.29 is 4.74 Å². The Hall–Kier alpha value is -0.380. The standard InChI is InChI=1S/C10H14Cl2N2O/c1-3-7-9(11)13-8(14-10(7)12)5-4-6-15-2/h3-6H2,1-2H3. The van der Waals surface area contributed by atoms with Gasteiger partial charge in [-0.25, -0.2) is 9.97 Å². The number of aromatic nitrogens is 2. The molecule has 1 aromatic heterocycles. The monoisotopic (exact) mass is 248 g/mol.